The monoisotopic (exact) mass is 252 g/mol. The lowest BCUT2D eigenvalue weighted by Gasteiger charge is -2.11. The zero-order valence-corrected chi connectivity index (χ0v) is 9.71. The summed E-state index contributed by atoms with van der Waals surface area (Å²) in [6.07, 6.45) is 1.75. The van der Waals surface area contributed by atoms with E-state index in [0.29, 0.717) is 23.3 Å². The Balaban J connectivity index is 2.41. The summed E-state index contributed by atoms with van der Waals surface area (Å²) in [6, 6.07) is 1.35. The first kappa shape index (κ1) is 10.4. The first-order valence-corrected chi connectivity index (χ1v) is 5.42. The molecule has 0 fully saturated rings. The van der Waals surface area contributed by atoms with Crippen molar-refractivity contribution >= 4 is 28.6 Å². The second kappa shape index (κ2) is 3.34. The predicted molar refractivity (Wildman–Crippen MR) is 63.0 cm³/mol. The number of phenolic OH excluding ortho intramolecular Hbond substituents is 2. The van der Waals surface area contributed by atoms with Crippen LogP contribution in [0.3, 0.4) is 0 Å². The zero-order valence-electron chi connectivity index (χ0n) is 8.95. The highest BCUT2D eigenvalue weighted by Crippen LogP contribution is 2.44. The van der Waals surface area contributed by atoms with Crippen LogP contribution in [0.25, 0.3) is 17.0 Å². The molecule has 0 saturated heterocycles. The lowest BCUT2D eigenvalue weighted by atomic mass is 10.1. The molecule has 0 aliphatic carbocycles. The SMILES string of the molecule is CC1=Cc2oc3cc(O)c(O)c(Cl)c3c2CO1. The Morgan fingerprint density at radius 3 is 2.88 bits per heavy atom. The normalized spacial score (nSPS) is 14.4. The van der Waals surface area contributed by atoms with Gasteiger partial charge in [0.15, 0.2) is 11.5 Å². The lowest BCUT2D eigenvalue weighted by Crippen LogP contribution is -1.97. The topological polar surface area (TPSA) is 62.8 Å². The van der Waals surface area contributed by atoms with Gasteiger partial charge in [-0.1, -0.05) is 11.6 Å². The van der Waals surface area contributed by atoms with E-state index >= 15 is 0 Å². The average molecular weight is 253 g/mol. The number of hydrogen-bond acceptors (Lipinski definition) is 4. The molecule has 4 nitrogen and oxygen atoms in total. The molecular formula is C12H9ClO4. The minimum absolute atomic E-state index is 0.0848. The Bertz CT molecular complexity index is 654. The molecule has 0 spiro atoms. The van der Waals surface area contributed by atoms with Gasteiger partial charge in [0, 0.05) is 17.7 Å². The molecule has 1 aliphatic rings. The molecular weight excluding hydrogens is 244 g/mol. The van der Waals surface area contributed by atoms with Crippen LogP contribution in [-0.4, -0.2) is 10.2 Å². The van der Waals surface area contributed by atoms with Gasteiger partial charge >= 0.3 is 0 Å². The summed E-state index contributed by atoms with van der Waals surface area (Å²) in [6.45, 7) is 2.17. The highest BCUT2D eigenvalue weighted by Gasteiger charge is 2.23. The number of aromatic hydroxyl groups is 2. The first-order valence-electron chi connectivity index (χ1n) is 5.05. The van der Waals surface area contributed by atoms with Gasteiger partial charge in [-0.25, -0.2) is 0 Å². The van der Waals surface area contributed by atoms with E-state index in [0.717, 1.165) is 11.3 Å². The minimum atomic E-state index is -0.339. The van der Waals surface area contributed by atoms with Gasteiger partial charge in [0.1, 0.15) is 18.0 Å². The van der Waals surface area contributed by atoms with Gasteiger partial charge < -0.3 is 19.4 Å². The summed E-state index contributed by atoms with van der Waals surface area (Å²) in [7, 11) is 0. The van der Waals surface area contributed by atoms with Crippen LogP contribution in [0.2, 0.25) is 5.02 Å². The number of fused-ring (bicyclic) bond motifs is 3. The van der Waals surface area contributed by atoms with Crippen molar-refractivity contribution in [1.82, 2.24) is 0 Å². The second-order valence-corrected chi connectivity index (χ2v) is 4.30. The molecule has 0 bridgehead atoms. The molecule has 5 heteroatoms. The van der Waals surface area contributed by atoms with Crippen LogP contribution in [0.1, 0.15) is 18.2 Å². The van der Waals surface area contributed by atoms with Crippen molar-refractivity contribution in [2.75, 3.05) is 0 Å². The van der Waals surface area contributed by atoms with Crippen molar-refractivity contribution in [2.45, 2.75) is 13.5 Å². The summed E-state index contributed by atoms with van der Waals surface area (Å²) >= 11 is 6.00. The summed E-state index contributed by atoms with van der Waals surface area (Å²) in [5.74, 6) is 0.765. The van der Waals surface area contributed by atoms with E-state index in [4.69, 9.17) is 20.8 Å². The summed E-state index contributed by atoms with van der Waals surface area (Å²) in [4.78, 5) is 0. The predicted octanol–water partition coefficient (Wildman–Crippen LogP) is 3.39. The van der Waals surface area contributed by atoms with Crippen LogP contribution in [-0.2, 0) is 11.3 Å². The fraction of sp³-hybridized carbons (Fsp3) is 0.167. The van der Waals surface area contributed by atoms with Crippen molar-refractivity contribution < 1.29 is 19.4 Å². The number of halogens is 1. The number of hydrogen-bond donors (Lipinski definition) is 2. The third kappa shape index (κ3) is 1.37. The van der Waals surface area contributed by atoms with E-state index in [1.807, 2.05) is 6.92 Å². The average Bonchev–Trinajstić information content (AvgIpc) is 2.63. The van der Waals surface area contributed by atoms with Crippen LogP contribution in [0, 0.1) is 0 Å². The van der Waals surface area contributed by atoms with Gasteiger partial charge in [0.2, 0.25) is 0 Å². The smallest absolute Gasteiger partial charge is 0.177 e. The molecule has 88 valence electrons. The molecule has 1 aliphatic heterocycles. The Kier molecular flexibility index (Phi) is 2.03. The Morgan fingerprint density at radius 1 is 1.35 bits per heavy atom. The Labute approximate surface area is 102 Å². The molecule has 2 aromatic rings. The van der Waals surface area contributed by atoms with Crippen LogP contribution < -0.4 is 0 Å². The van der Waals surface area contributed by atoms with Crippen molar-refractivity contribution in [2.24, 2.45) is 0 Å². The molecule has 1 aromatic heterocycles. The molecule has 17 heavy (non-hydrogen) atoms. The maximum absolute atomic E-state index is 9.60. The first-order chi connectivity index (χ1) is 8.08. The van der Waals surface area contributed by atoms with Gasteiger partial charge in [0.25, 0.3) is 0 Å². The van der Waals surface area contributed by atoms with Crippen molar-refractivity contribution in [3.8, 4) is 11.5 Å². The molecule has 0 amide bonds. The summed E-state index contributed by atoms with van der Waals surface area (Å²) in [5.41, 5.74) is 1.22. The highest BCUT2D eigenvalue weighted by atomic mass is 35.5. The van der Waals surface area contributed by atoms with E-state index in [9.17, 15) is 10.2 Å². The van der Waals surface area contributed by atoms with Gasteiger partial charge in [-0.15, -0.1) is 0 Å². The molecule has 0 unspecified atom stereocenters. The number of phenols is 2. The molecule has 0 saturated carbocycles. The van der Waals surface area contributed by atoms with Gasteiger partial charge in [0.05, 0.1) is 16.2 Å². The number of benzene rings is 1. The van der Waals surface area contributed by atoms with Crippen LogP contribution >= 0.6 is 11.6 Å². The van der Waals surface area contributed by atoms with Gasteiger partial charge in [-0.2, -0.15) is 0 Å². The fourth-order valence-electron chi connectivity index (χ4n) is 1.94. The number of furan rings is 1. The van der Waals surface area contributed by atoms with E-state index in [2.05, 4.69) is 0 Å². The Hall–Kier alpha value is -1.81. The van der Waals surface area contributed by atoms with E-state index < -0.39 is 0 Å². The molecule has 0 radical (unpaired) electrons. The summed E-state index contributed by atoms with van der Waals surface area (Å²) in [5, 5.41) is 19.7. The number of ether oxygens (including phenoxy) is 1. The third-order valence-electron chi connectivity index (χ3n) is 2.78. The second-order valence-electron chi connectivity index (χ2n) is 3.92. The summed E-state index contributed by atoms with van der Waals surface area (Å²) < 4.78 is 11.0. The maximum Gasteiger partial charge on any atom is 0.177 e. The number of allylic oxidation sites excluding steroid dienone is 1. The van der Waals surface area contributed by atoms with Crippen molar-refractivity contribution in [3.05, 3.63) is 28.2 Å². The largest absolute Gasteiger partial charge is 0.504 e. The Morgan fingerprint density at radius 2 is 2.12 bits per heavy atom. The molecule has 0 atom stereocenters. The third-order valence-corrected chi connectivity index (χ3v) is 3.15. The van der Waals surface area contributed by atoms with Gasteiger partial charge in [-0.3, -0.25) is 0 Å². The minimum Gasteiger partial charge on any atom is -0.504 e. The quantitative estimate of drug-likeness (QED) is 0.706. The van der Waals surface area contributed by atoms with Gasteiger partial charge in [-0.05, 0) is 6.92 Å². The van der Waals surface area contributed by atoms with E-state index in [-0.39, 0.29) is 16.5 Å². The van der Waals surface area contributed by atoms with E-state index in [1.165, 1.54) is 6.07 Å². The van der Waals surface area contributed by atoms with Crippen molar-refractivity contribution in [1.29, 1.82) is 0 Å². The van der Waals surface area contributed by atoms with Crippen LogP contribution in [0.5, 0.6) is 11.5 Å². The van der Waals surface area contributed by atoms with Crippen molar-refractivity contribution in [3.63, 3.8) is 0 Å². The molecule has 3 rings (SSSR count). The number of rotatable bonds is 0. The van der Waals surface area contributed by atoms with Crippen LogP contribution in [0.4, 0.5) is 0 Å². The maximum atomic E-state index is 9.60. The molecule has 2 N–H and O–H groups in total. The zero-order chi connectivity index (χ0) is 12.2. The molecule has 1 aromatic carbocycles. The molecule has 2 heterocycles. The van der Waals surface area contributed by atoms with Crippen LogP contribution in [0.15, 0.2) is 16.2 Å². The lowest BCUT2D eigenvalue weighted by molar-refractivity contribution is 0.198. The highest BCUT2D eigenvalue weighted by molar-refractivity contribution is 6.37. The van der Waals surface area contributed by atoms with E-state index in [1.54, 1.807) is 6.08 Å². The standard InChI is InChI=1S/C12H9ClO4/c1-5-2-8-6(4-16-5)10-9(17-8)3-7(14)12(15)11(10)13/h2-3,14-15H,4H2,1H3. The fourth-order valence-corrected chi connectivity index (χ4v) is 2.24.